The summed E-state index contributed by atoms with van der Waals surface area (Å²) >= 11 is 0. The zero-order chi connectivity index (χ0) is 9.56. The summed E-state index contributed by atoms with van der Waals surface area (Å²) in [7, 11) is 0. The predicted octanol–water partition coefficient (Wildman–Crippen LogP) is -2.47. The van der Waals surface area contributed by atoms with E-state index in [1.54, 1.807) is 0 Å². The maximum absolute atomic E-state index is 10.5. The Hall–Kier alpha value is 2.05. The molecule has 0 aromatic heterocycles. The first-order valence-corrected chi connectivity index (χ1v) is 3.11. The van der Waals surface area contributed by atoms with Gasteiger partial charge in [-0.05, 0) is 0 Å². The summed E-state index contributed by atoms with van der Waals surface area (Å²) in [5.41, 5.74) is 0. The van der Waals surface area contributed by atoms with E-state index < -0.39 is 24.5 Å². The number of carboxylic acids is 2. The number of aliphatic carboxylic acids is 2. The molecule has 9 heteroatoms. The third-order valence-corrected chi connectivity index (χ3v) is 0.900. The summed E-state index contributed by atoms with van der Waals surface area (Å²) in [4.78, 5) is 30.3. The van der Waals surface area contributed by atoms with Gasteiger partial charge >= 0.3 is 128 Å². The van der Waals surface area contributed by atoms with Crippen LogP contribution in [-0.4, -0.2) is 145 Å². The number of esters is 1. The van der Waals surface area contributed by atoms with Gasteiger partial charge in [-0.2, -0.15) is 0 Å². The van der Waals surface area contributed by atoms with E-state index in [0.717, 1.165) is 0 Å². The van der Waals surface area contributed by atoms with Crippen LogP contribution in [0, 0.1) is 0 Å². The van der Waals surface area contributed by atoms with E-state index in [1.165, 1.54) is 0 Å². The Balaban J connectivity index is -0.000000202. The van der Waals surface area contributed by atoms with E-state index in [-0.39, 0.29) is 123 Å². The van der Waals surface area contributed by atoms with Gasteiger partial charge in [-0.3, -0.25) is 9.59 Å². The van der Waals surface area contributed by atoms with Crippen LogP contribution in [0.2, 0.25) is 0 Å². The minimum absolute atomic E-state index is 0. The van der Waals surface area contributed by atoms with Crippen LogP contribution in [0.15, 0.2) is 0 Å². The summed E-state index contributed by atoms with van der Waals surface area (Å²) in [5, 5.41) is 16.2. The number of hydrogen-bond donors (Lipinski definition) is 2. The second-order valence-electron chi connectivity index (χ2n) is 1.95. The Labute approximate surface area is 173 Å². The first-order chi connectivity index (χ1) is 5.52. The van der Waals surface area contributed by atoms with Gasteiger partial charge in [-0.15, -0.1) is 0 Å². The molecule has 6 nitrogen and oxygen atoms in total. The van der Waals surface area contributed by atoms with Crippen molar-refractivity contribution in [2.45, 2.75) is 12.8 Å². The van der Waals surface area contributed by atoms with Gasteiger partial charge in [-0.1, -0.05) is 0 Å². The van der Waals surface area contributed by atoms with Crippen LogP contribution in [0.1, 0.15) is 12.8 Å². The minimum atomic E-state index is -1.27. The van der Waals surface area contributed by atoms with Crippen molar-refractivity contribution in [2.24, 2.45) is 0 Å². The molecule has 74 valence electrons. The maximum atomic E-state index is 10.5. The van der Waals surface area contributed by atoms with Crippen molar-refractivity contribution in [3.8, 4) is 0 Å². The van der Waals surface area contributed by atoms with E-state index in [2.05, 4.69) is 4.74 Å². The third-order valence-electron chi connectivity index (χ3n) is 0.900. The molecule has 0 aliphatic carbocycles. The van der Waals surface area contributed by atoms with Gasteiger partial charge in [0, 0.05) is 0 Å². The van der Waals surface area contributed by atoms with Crippen LogP contribution in [0.3, 0.4) is 0 Å². The van der Waals surface area contributed by atoms with E-state index in [1.807, 2.05) is 0 Å². The molecule has 0 heterocycles. The second kappa shape index (κ2) is 16.0. The number of rotatable bonds is 5. The van der Waals surface area contributed by atoms with Gasteiger partial charge in [-0.25, -0.2) is 4.79 Å². The molecule has 15 heavy (non-hydrogen) atoms. The van der Waals surface area contributed by atoms with Gasteiger partial charge in [0.2, 0.25) is 0 Å². The number of carbonyl (C=O) groups excluding carboxylic acids is 1. The van der Waals surface area contributed by atoms with Crippen molar-refractivity contribution in [3.05, 3.63) is 0 Å². The van der Waals surface area contributed by atoms with E-state index in [9.17, 15) is 14.4 Å². The molecule has 0 fully saturated rings. The zero-order valence-electron chi connectivity index (χ0n) is 6.15. The van der Waals surface area contributed by atoms with Crippen molar-refractivity contribution in [2.75, 3.05) is 6.61 Å². The molecule has 0 amide bonds. The molecule has 0 aliphatic rings. The monoisotopic (exact) mass is 264 g/mol. The van der Waals surface area contributed by atoms with Crippen LogP contribution in [-0.2, 0) is 19.1 Å². The quantitative estimate of drug-likeness (QED) is 0.422. The first-order valence-electron chi connectivity index (χ1n) is 3.11. The summed E-state index contributed by atoms with van der Waals surface area (Å²) in [6.07, 6.45) is -0.652. The van der Waals surface area contributed by atoms with E-state index in [4.69, 9.17) is 10.2 Å². The van der Waals surface area contributed by atoms with Crippen LogP contribution in [0.4, 0.5) is 0 Å². The SMILES string of the molecule is O=C(O)CCC(=O)OCC(=O)O.[KH].[NaH].[NaH]. The molecule has 0 saturated heterocycles. The average molecular weight is 264 g/mol. The van der Waals surface area contributed by atoms with Crippen molar-refractivity contribution in [3.63, 3.8) is 0 Å². The molecule has 0 rings (SSSR count). The van der Waals surface area contributed by atoms with Gasteiger partial charge in [0.05, 0.1) is 12.8 Å². The van der Waals surface area contributed by atoms with Crippen molar-refractivity contribution in [1.82, 2.24) is 0 Å². The molecule has 0 spiro atoms. The molecule has 0 bridgehead atoms. The molecular weight excluding hydrogens is 253 g/mol. The fraction of sp³-hybridized carbons (Fsp3) is 0.500. The molecule has 0 aromatic rings. The predicted molar refractivity (Wildman–Crippen MR) is 56.9 cm³/mol. The summed E-state index contributed by atoms with van der Waals surface area (Å²) in [6, 6.07) is 0. The van der Waals surface area contributed by atoms with E-state index >= 15 is 0 Å². The Bertz CT molecular complexity index is 190. The molecule has 0 aliphatic heterocycles. The van der Waals surface area contributed by atoms with Crippen molar-refractivity contribution < 1.29 is 29.3 Å². The molecule has 0 atom stereocenters. The Kier molecular flexibility index (Phi) is 27.6. The fourth-order valence-electron chi connectivity index (χ4n) is 0.423. The zero-order valence-corrected chi connectivity index (χ0v) is 6.15. The average Bonchev–Trinajstić information content (AvgIpc) is 1.96. The number of carbonyl (C=O) groups is 3. The number of hydrogen-bond acceptors (Lipinski definition) is 4. The van der Waals surface area contributed by atoms with Crippen LogP contribution >= 0.6 is 0 Å². The molecule has 0 aromatic carbocycles. The Morgan fingerprint density at radius 2 is 1.40 bits per heavy atom. The van der Waals surface area contributed by atoms with Crippen molar-refractivity contribution in [1.29, 1.82) is 0 Å². The summed E-state index contributed by atoms with van der Waals surface area (Å²) in [5.74, 6) is -3.21. The first kappa shape index (κ1) is 25.8. The van der Waals surface area contributed by atoms with Crippen LogP contribution < -0.4 is 0 Å². The second-order valence-corrected chi connectivity index (χ2v) is 1.95. The topological polar surface area (TPSA) is 101 Å². The van der Waals surface area contributed by atoms with Crippen LogP contribution in [0.5, 0.6) is 0 Å². The molecule has 0 unspecified atom stereocenters. The molecule has 2 N–H and O–H groups in total. The standard InChI is InChI=1S/C6H8O6.K.2Na.3H/c7-4(8)1-2-6(11)12-3-5(9)10;;;;;;/h1-3H2,(H,7,8)(H,9,10);;;;;;. The van der Waals surface area contributed by atoms with Crippen LogP contribution in [0.25, 0.3) is 0 Å². The summed E-state index contributed by atoms with van der Waals surface area (Å²) in [6.45, 7) is -0.724. The fourth-order valence-corrected chi connectivity index (χ4v) is 0.423. The number of carboxylic acid groups (broad SMARTS) is 2. The third kappa shape index (κ3) is 21.8. The Morgan fingerprint density at radius 1 is 0.933 bits per heavy atom. The van der Waals surface area contributed by atoms with E-state index in [0.29, 0.717) is 0 Å². The molecular formula is C6H11KNa2O6. The Morgan fingerprint density at radius 3 is 1.73 bits per heavy atom. The van der Waals surface area contributed by atoms with Gasteiger partial charge < -0.3 is 14.9 Å². The van der Waals surface area contributed by atoms with Crippen molar-refractivity contribution >= 4 is 128 Å². The molecule has 0 radical (unpaired) electrons. The normalized spacial score (nSPS) is 7.20. The van der Waals surface area contributed by atoms with Gasteiger partial charge in [0.25, 0.3) is 0 Å². The van der Waals surface area contributed by atoms with Gasteiger partial charge in [0.15, 0.2) is 6.61 Å². The van der Waals surface area contributed by atoms with Gasteiger partial charge in [0.1, 0.15) is 0 Å². The number of ether oxygens (including phenoxy) is 1. The molecule has 0 saturated carbocycles. The summed E-state index contributed by atoms with van der Waals surface area (Å²) < 4.78 is 4.15.